The molecule has 5 nitrogen and oxygen atoms in total. The van der Waals surface area contributed by atoms with Gasteiger partial charge in [-0.05, 0) is 49.9 Å². The number of nitrogens with one attached hydrogen (secondary N) is 2. The summed E-state index contributed by atoms with van der Waals surface area (Å²) in [6.45, 7) is 7.53. The van der Waals surface area contributed by atoms with E-state index in [4.69, 9.17) is 11.6 Å². The summed E-state index contributed by atoms with van der Waals surface area (Å²) < 4.78 is 0. The summed E-state index contributed by atoms with van der Waals surface area (Å²) in [5.74, 6) is 1.81. The van der Waals surface area contributed by atoms with Crippen molar-refractivity contribution in [1.82, 2.24) is 15.5 Å². The molecule has 2 N–H and O–H groups in total. The van der Waals surface area contributed by atoms with Crippen LogP contribution >= 0.6 is 11.6 Å². The van der Waals surface area contributed by atoms with Gasteiger partial charge in [-0.15, -0.1) is 0 Å². The fraction of sp³-hybridized carbons (Fsp3) is 0.632. The number of halogens is 1. The SMILES string of the molecule is CN=C(NCCCN1CCN(c2cccc(Cl)c2)CC1)NCC1CC1. The van der Waals surface area contributed by atoms with Crippen molar-refractivity contribution in [1.29, 1.82) is 0 Å². The van der Waals surface area contributed by atoms with Crippen molar-refractivity contribution >= 4 is 23.2 Å². The number of guanidine groups is 1. The normalized spacial score (nSPS) is 19.1. The van der Waals surface area contributed by atoms with Gasteiger partial charge >= 0.3 is 0 Å². The van der Waals surface area contributed by atoms with Crippen LogP contribution in [0, 0.1) is 5.92 Å². The molecule has 0 spiro atoms. The lowest BCUT2D eigenvalue weighted by Crippen LogP contribution is -2.47. The molecule has 0 atom stereocenters. The van der Waals surface area contributed by atoms with Gasteiger partial charge in [0.05, 0.1) is 0 Å². The van der Waals surface area contributed by atoms with E-state index in [0.717, 1.165) is 69.1 Å². The van der Waals surface area contributed by atoms with Crippen LogP contribution in [0.2, 0.25) is 5.02 Å². The number of hydrogen-bond donors (Lipinski definition) is 2. The Kier molecular flexibility index (Phi) is 6.82. The molecule has 1 aliphatic carbocycles. The highest BCUT2D eigenvalue weighted by molar-refractivity contribution is 6.30. The number of rotatable bonds is 7. The monoisotopic (exact) mass is 363 g/mol. The van der Waals surface area contributed by atoms with Crippen LogP contribution < -0.4 is 15.5 Å². The zero-order valence-corrected chi connectivity index (χ0v) is 15.9. The number of anilines is 1. The van der Waals surface area contributed by atoms with Crippen LogP contribution in [0.15, 0.2) is 29.3 Å². The zero-order valence-electron chi connectivity index (χ0n) is 15.2. The van der Waals surface area contributed by atoms with E-state index in [1.54, 1.807) is 0 Å². The third-order valence-corrected chi connectivity index (χ3v) is 5.20. The Labute approximate surface area is 156 Å². The Morgan fingerprint density at radius 2 is 2.00 bits per heavy atom. The first-order valence-corrected chi connectivity index (χ1v) is 9.80. The molecule has 1 aromatic rings. The minimum atomic E-state index is 0.815. The predicted molar refractivity (Wildman–Crippen MR) is 107 cm³/mol. The second-order valence-electron chi connectivity index (χ2n) is 6.99. The van der Waals surface area contributed by atoms with Crippen molar-refractivity contribution in [2.24, 2.45) is 10.9 Å². The summed E-state index contributed by atoms with van der Waals surface area (Å²) in [6.07, 6.45) is 3.87. The Morgan fingerprint density at radius 1 is 1.20 bits per heavy atom. The highest BCUT2D eigenvalue weighted by atomic mass is 35.5. The van der Waals surface area contributed by atoms with Crippen molar-refractivity contribution in [2.45, 2.75) is 19.3 Å². The van der Waals surface area contributed by atoms with Crippen molar-refractivity contribution in [3.63, 3.8) is 0 Å². The van der Waals surface area contributed by atoms with Crippen molar-refractivity contribution < 1.29 is 0 Å². The number of hydrogen-bond acceptors (Lipinski definition) is 3. The molecule has 1 aromatic carbocycles. The maximum atomic E-state index is 6.10. The van der Waals surface area contributed by atoms with Gasteiger partial charge in [0.1, 0.15) is 0 Å². The summed E-state index contributed by atoms with van der Waals surface area (Å²) >= 11 is 6.10. The molecule has 1 saturated heterocycles. The van der Waals surface area contributed by atoms with E-state index in [1.165, 1.54) is 18.5 Å². The van der Waals surface area contributed by atoms with Crippen molar-refractivity contribution in [3.05, 3.63) is 29.3 Å². The molecule has 0 bridgehead atoms. The molecule has 0 unspecified atom stereocenters. The van der Waals surface area contributed by atoms with Crippen LogP contribution in [-0.2, 0) is 0 Å². The van der Waals surface area contributed by atoms with Gasteiger partial charge in [0, 0.05) is 57.0 Å². The molecule has 0 aromatic heterocycles. The van der Waals surface area contributed by atoms with E-state index in [1.807, 2.05) is 19.2 Å². The first-order valence-electron chi connectivity index (χ1n) is 9.42. The summed E-state index contributed by atoms with van der Waals surface area (Å²) in [7, 11) is 1.84. The van der Waals surface area contributed by atoms with Crippen LogP contribution in [-0.4, -0.2) is 63.7 Å². The average molecular weight is 364 g/mol. The fourth-order valence-electron chi connectivity index (χ4n) is 3.20. The standard InChI is InChI=1S/C19H30ClN5/c1-21-19(23-15-16-6-7-16)22-8-3-9-24-10-12-25(13-11-24)18-5-2-4-17(20)14-18/h2,4-5,14,16H,3,6-13,15H2,1H3,(H2,21,22,23). The van der Waals surface area contributed by atoms with Gasteiger partial charge in [-0.25, -0.2) is 0 Å². The molecule has 1 heterocycles. The van der Waals surface area contributed by atoms with Gasteiger partial charge in [0.15, 0.2) is 5.96 Å². The minimum Gasteiger partial charge on any atom is -0.369 e. The highest BCUT2D eigenvalue weighted by Crippen LogP contribution is 2.27. The van der Waals surface area contributed by atoms with Gasteiger partial charge in [0.2, 0.25) is 0 Å². The summed E-state index contributed by atoms with van der Waals surface area (Å²) in [6, 6.07) is 8.16. The molecular weight excluding hydrogens is 334 g/mol. The maximum Gasteiger partial charge on any atom is 0.190 e. The Morgan fingerprint density at radius 3 is 2.68 bits per heavy atom. The van der Waals surface area contributed by atoms with Gasteiger partial charge in [0.25, 0.3) is 0 Å². The molecule has 138 valence electrons. The Balaban J connectivity index is 1.30. The summed E-state index contributed by atoms with van der Waals surface area (Å²) in [5.41, 5.74) is 1.24. The smallest absolute Gasteiger partial charge is 0.190 e. The first-order chi connectivity index (χ1) is 12.2. The van der Waals surface area contributed by atoms with Gasteiger partial charge < -0.3 is 15.5 Å². The molecule has 3 rings (SSSR count). The molecule has 25 heavy (non-hydrogen) atoms. The van der Waals surface area contributed by atoms with Gasteiger partial charge in [-0.1, -0.05) is 17.7 Å². The molecule has 2 fully saturated rings. The van der Waals surface area contributed by atoms with Crippen LogP contribution in [0.1, 0.15) is 19.3 Å². The number of aliphatic imine (C=N–C) groups is 1. The first kappa shape index (κ1) is 18.3. The van der Waals surface area contributed by atoms with Gasteiger partial charge in [-0.3, -0.25) is 9.89 Å². The van der Waals surface area contributed by atoms with E-state index in [9.17, 15) is 0 Å². The van der Waals surface area contributed by atoms with Crippen LogP contribution in [0.4, 0.5) is 5.69 Å². The molecule has 0 radical (unpaired) electrons. The van der Waals surface area contributed by atoms with E-state index in [0.29, 0.717) is 0 Å². The predicted octanol–water partition coefficient (Wildman–Crippen LogP) is 2.43. The zero-order chi connectivity index (χ0) is 17.5. The Hall–Kier alpha value is -1.46. The molecule has 2 aliphatic rings. The van der Waals surface area contributed by atoms with Gasteiger partial charge in [-0.2, -0.15) is 0 Å². The minimum absolute atomic E-state index is 0.815. The maximum absolute atomic E-state index is 6.10. The number of piperazine rings is 1. The molecule has 1 saturated carbocycles. The highest BCUT2D eigenvalue weighted by Gasteiger charge is 2.21. The van der Waals surface area contributed by atoms with E-state index < -0.39 is 0 Å². The molecule has 6 heteroatoms. The quantitative estimate of drug-likeness (QED) is 0.443. The molecule has 0 amide bonds. The lowest BCUT2D eigenvalue weighted by Gasteiger charge is -2.36. The topological polar surface area (TPSA) is 42.9 Å². The molecular formula is C19H30ClN5. The van der Waals surface area contributed by atoms with Crippen LogP contribution in [0.5, 0.6) is 0 Å². The van der Waals surface area contributed by atoms with E-state index in [-0.39, 0.29) is 0 Å². The van der Waals surface area contributed by atoms with Crippen molar-refractivity contribution in [3.8, 4) is 0 Å². The summed E-state index contributed by atoms with van der Waals surface area (Å²) in [5, 5.41) is 7.64. The van der Waals surface area contributed by atoms with E-state index >= 15 is 0 Å². The lowest BCUT2D eigenvalue weighted by atomic mass is 10.2. The van der Waals surface area contributed by atoms with Crippen LogP contribution in [0.3, 0.4) is 0 Å². The number of nitrogens with zero attached hydrogens (tertiary/aromatic N) is 3. The largest absolute Gasteiger partial charge is 0.369 e. The third kappa shape index (κ3) is 6.08. The van der Waals surface area contributed by atoms with Crippen LogP contribution in [0.25, 0.3) is 0 Å². The van der Waals surface area contributed by atoms with Crippen molar-refractivity contribution in [2.75, 3.05) is 57.8 Å². The third-order valence-electron chi connectivity index (χ3n) is 4.97. The second kappa shape index (κ2) is 9.30. The second-order valence-corrected chi connectivity index (χ2v) is 7.42. The fourth-order valence-corrected chi connectivity index (χ4v) is 3.38. The Bertz CT molecular complexity index is 565. The average Bonchev–Trinajstić information content (AvgIpc) is 3.46. The lowest BCUT2D eigenvalue weighted by molar-refractivity contribution is 0.255. The number of benzene rings is 1. The van der Waals surface area contributed by atoms with E-state index in [2.05, 4.69) is 37.6 Å². The molecule has 1 aliphatic heterocycles. The summed E-state index contributed by atoms with van der Waals surface area (Å²) in [4.78, 5) is 9.25.